The molecule has 0 amide bonds. The third kappa shape index (κ3) is 8.11. The Kier molecular flexibility index (Phi) is 4.13. The Morgan fingerprint density at radius 1 is 1.50 bits per heavy atom. The maximum Gasteiger partial charge on any atom is 0.183 e. The van der Waals surface area contributed by atoms with Crippen molar-refractivity contribution in [1.82, 2.24) is 0 Å². The summed E-state index contributed by atoms with van der Waals surface area (Å²) in [7, 11) is -1.42. The van der Waals surface area contributed by atoms with Crippen molar-refractivity contribution < 1.29 is 8.82 Å². The van der Waals surface area contributed by atoms with Crippen LogP contribution in [0.25, 0.3) is 0 Å². The predicted molar refractivity (Wildman–Crippen MR) is 44.2 cm³/mol. The quantitative estimate of drug-likeness (QED) is 0.578. The standard InChI is InChI=1S/C7H16FOSi/c1-7(8)5-6-9-10(2,3)4/h5,7H,6H2,1-4H3. The molecule has 1 nitrogen and oxygen atoms in total. The molecule has 0 heterocycles. The highest BCUT2D eigenvalue weighted by Gasteiger charge is 2.13. The van der Waals surface area contributed by atoms with Crippen LogP contribution in [0.15, 0.2) is 0 Å². The van der Waals surface area contributed by atoms with E-state index in [9.17, 15) is 4.39 Å². The zero-order chi connectivity index (χ0) is 8.20. The summed E-state index contributed by atoms with van der Waals surface area (Å²) < 4.78 is 17.5. The zero-order valence-corrected chi connectivity index (χ0v) is 8.15. The normalized spacial score (nSPS) is 15.3. The van der Waals surface area contributed by atoms with E-state index >= 15 is 0 Å². The van der Waals surface area contributed by atoms with Crippen molar-refractivity contribution in [1.29, 1.82) is 0 Å². The molecule has 0 fully saturated rings. The van der Waals surface area contributed by atoms with Crippen LogP contribution in [0.2, 0.25) is 19.6 Å². The van der Waals surface area contributed by atoms with Gasteiger partial charge < -0.3 is 4.43 Å². The molecule has 3 heteroatoms. The second kappa shape index (κ2) is 4.08. The number of hydrogen-bond donors (Lipinski definition) is 0. The fraction of sp³-hybridized carbons (Fsp3) is 0.857. The zero-order valence-electron chi connectivity index (χ0n) is 7.15. The molecule has 1 atom stereocenters. The lowest BCUT2D eigenvalue weighted by Gasteiger charge is -2.16. The summed E-state index contributed by atoms with van der Waals surface area (Å²) in [5, 5.41) is 0. The van der Waals surface area contributed by atoms with Crippen molar-refractivity contribution in [3.05, 3.63) is 6.42 Å². The van der Waals surface area contributed by atoms with E-state index < -0.39 is 14.5 Å². The third-order valence-corrected chi connectivity index (χ3v) is 1.97. The summed E-state index contributed by atoms with van der Waals surface area (Å²) in [6, 6.07) is 0. The Morgan fingerprint density at radius 2 is 2.00 bits per heavy atom. The van der Waals surface area contributed by atoms with E-state index in [2.05, 4.69) is 19.6 Å². The smallest absolute Gasteiger partial charge is 0.183 e. The van der Waals surface area contributed by atoms with Gasteiger partial charge in [-0.15, -0.1) is 0 Å². The Bertz CT molecular complexity index is 88.1. The van der Waals surface area contributed by atoms with Crippen molar-refractivity contribution >= 4 is 8.32 Å². The summed E-state index contributed by atoms with van der Waals surface area (Å²) >= 11 is 0. The summed E-state index contributed by atoms with van der Waals surface area (Å²) in [5.74, 6) is 0. The molecule has 0 aromatic carbocycles. The minimum atomic E-state index is -1.42. The maximum absolute atomic E-state index is 12.2. The van der Waals surface area contributed by atoms with Crippen molar-refractivity contribution in [3.63, 3.8) is 0 Å². The molecule has 0 N–H and O–H groups in total. The van der Waals surface area contributed by atoms with Gasteiger partial charge in [-0.1, -0.05) is 0 Å². The molecule has 10 heavy (non-hydrogen) atoms. The third-order valence-electron chi connectivity index (χ3n) is 0.937. The van der Waals surface area contributed by atoms with E-state index in [0.29, 0.717) is 6.61 Å². The molecule has 0 aliphatic carbocycles. The Hall–Kier alpha value is 0.107. The van der Waals surface area contributed by atoms with Gasteiger partial charge in [0.15, 0.2) is 8.32 Å². The van der Waals surface area contributed by atoms with Gasteiger partial charge in [0.2, 0.25) is 0 Å². The second-order valence-corrected chi connectivity index (χ2v) is 7.85. The second-order valence-electron chi connectivity index (χ2n) is 3.34. The van der Waals surface area contributed by atoms with Crippen LogP contribution >= 0.6 is 0 Å². The van der Waals surface area contributed by atoms with Crippen molar-refractivity contribution in [3.8, 4) is 0 Å². The first-order valence-corrected chi connectivity index (χ1v) is 6.94. The van der Waals surface area contributed by atoms with Crippen LogP contribution in [-0.2, 0) is 4.43 Å². The molecular formula is C7H16FOSi. The molecule has 1 unspecified atom stereocenters. The van der Waals surface area contributed by atoms with E-state index in [0.717, 1.165) is 0 Å². The maximum atomic E-state index is 12.2. The van der Waals surface area contributed by atoms with Gasteiger partial charge in [-0.25, -0.2) is 4.39 Å². The van der Waals surface area contributed by atoms with Crippen molar-refractivity contribution in [2.45, 2.75) is 32.7 Å². The monoisotopic (exact) mass is 163 g/mol. The van der Waals surface area contributed by atoms with Gasteiger partial charge in [0, 0.05) is 13.0 Å². The number of rotatable bonds is 4. The van der Waals surface area contributed by atoms with Gasteiger partial charge in [-0.2, -0.15) is 0 Å². The van der Waals surface area contributed by atoms with Gasteiger partial charge in [0.05, 0.1) is 0 Å². The van der Waals surface area contributed by atoms with Gasteiger partial charge >= 0.3 is 0 Å². The van der Waals surface area contributed by atoms with E-state index in [1.807, 2.05) is 0 Å². The number of halogens is 1. The molecule has 0 saturated heterocycles. The molecule has 61 valence electrons. The first kappa shape index (κ1) is 10.1. The number of alkyl halides is 1. The van der Waals surface area contributed by atoms with E-state index in [4.69, 9.17) is 4.43 Å². The lowest BCUT2D eigenvalue weighted by atomic mass is 10.3. The Balaban J connectivity index is 3.21. The van der Waals surface area contributed by atoms with Crippen LogP contribution in [0.3, 0.4) is 0 Å². The minimum Gasteiger partial charge on any atom is -0.417 e. The average Bonchev–Trinajstić information content (AvgIpc) is 1.59. The van der Waals surface area contributed by atoms with Crippen LogP contribution in [0.5, 0.6) is 0 Å². The van der Waals surface area contributed by atoms with Gasteiger partial charge in [-0.3, -0.25) is 0 Å². The first-order valence-electron chi connectivity index (χ1n) is 3.53. The first-order chi connectivity index (χ1) is 4.42. The lowest BCUT2D eigenvalue weighted by Crippen LogP contribution is -2.26. The molecule has 0 spiro atoms. The minimum absolute atomic E-state index is 0.452. The van der Waals surface area contributed by atoms with E-state index in [1.165, 1.54) is 13.3 Å². The van der Waals surface area contributed by atoms with Crippen molar-refractivity contribution in [2.75, 3.05) is 6.61 Å². The Labute approximate surface area is 63.7 Å². The van der Waals surface area contributed by atoms with Crippen molar-refractivity contribution in [2.24, 2.45) is 0 Å². The van der Waals surface area contributed by atoms with Gasteiger partial charge in [-0.05, 0) is 26.6 Å². The average molecular weight is 163 g/mol. The van der Waals surface area contributed by atoms with Crippen LogP contribution in [0.4, 0.5) is 4.39 Å². The molecule has 0 bridgehead atoms. The van der Waals surface area contributed by atoms with Crippen LogP contribution in [-0.4, -0.2) is 21.1 Å². The molecule has 0 saturated carbocycles. The fourth-order valence-corrected chi connectivity index (χ4v) is 1.03. The molecule has 0 aliphatic heterocycles. The predicted octanol–water partition coefficient (Wildman–Crippen LogP) is 2.40. The molecule has 0 aromatic heterocycles. The Morgan fingerprint density at radius 3 is 2.30 bits per heavy atom. The SMILES string of the molecule is CC(F)[CH]CO[Si](C)(C)C. The van der Waals surface area contributed by atoms with Gasteiger partial charge in [0.25, 0.3) is 0 Å². The van der Waals surface area contributed by atoms with Crippen LogP contribution < -0.4 is 0 Å². The number of hydrogen-bond acceptors (Lipinski definition) is 1. The fourth-order valence-electron chi connectivity index (χ4n) is 0.431. The molecule has 0 aliphatic rings. The van der Waals surface area contributed by atoms with Crippen LogP contribution in [0.1, 0.15) is 6.92 Å². The molecular weight excluding hydrogens is 147 g/mol. The van der Waals surface area contributed by atoms with Gasteiger partial charge in [0.1, 0.15) is 6.17 Å². The summed E-state index contributed by atoms with van der Waals surface area (Å²) in [4.78, 5) is 0. The highest BCUT2D eigenvalue weighted by molar-refractivity contribution is 6.69. The lowest BCUT2D eigenvalue weighted by molar-refractivity contribution is 0.301. The highest BCUT2D eigenvalue weighted by atomic mass is 28.4. The van der Waals surface area contributed by atoms with Crippen LogP contribution in [0, 0.1) is 6.42 Å². The summed E-state index contributed by atoms with van der Waals surface area (Å²) in [6.45, 7) is 8.22. The molecule has 0 aromatic rings. The van der Waals surface area contributed by atoms with E-state index in [1.54, 1.807) is 0 Å². The summed E-state index contributed by atoms with van der Waals surface area (Å²) in [6.07, 6.45) is 0.689. The highest BCUT2D eigenvalue weighted by Crippen LogP contribution is 2.04. The topological polar surface area (TPSA) is 9.23 Å². The van der Waals surface area contributed by atoms with E-state index in [-0.39, 0.29) is 0 Å². The largest absolute Gasteiger partial charge is 0.417 e. The molecule has 1 radical (unpaired) electrons. The molecule has 0 rings (SSSR count). The summed E-state index contributed by atoms with van der Waals surface area (Å²) in [5.41, 5.74) is 0.